The Morgan fingerprint density at radius 1 is 1.10 bits per heavy atom. The maximum absolute atomic E-state index is 4.22. The fourth-order valence-corrected chi connectivity index (χ4v) is 3.84. The molecule has 3 nitrogen and oxygen atoms in total. The molecule has 2 heterocycles. The van der Waals surface area contributed by atoms with Crippen molar-refractivity contribution in [2.75, 3.05) is 7.05 Å². The second-order valence-electron chi connectivity index (χ2n) is 4.00. The van der Waals surface area contributed by atoms with Gasteiger partial charge in [-0.15, -0.1) is 46.7 Å². The van der Waals surface area contributed by atoms with Crippen molar-refractivity contribution < 1.29 is 0 Å². The first-order valence-corrected chi connectivity index (χ1v) is 8.34. The predicted octanol–water partition coefficient (Wildman–Crippen LogP) is 4.36. The van der Waals surface area contributed by atoms with E-state index in [-0.39, 0.29) is 24.0 Å². The molecule has 0 aliphatic carbocycles. The summed E-state index contributed by atoms with van der Waals surface area (Å²) in [7, 11) is 1.79. The van der Waals surface area contributed by atoms with Crippen LogP contribution < -0.4 is 10.6 Å². The van der Waals surface area contributed by atoms with Gasteiger partial charge in [0.05, 0.1) is 16.9 Å². The molecule has 110 valence electrons. The fraction of sp³-hybridized carbons (Fsp3) is 0.308. The summed E-state index contributed by atoms with van der Waals surface area (Å²) >= 11 is 7.01. The monoisotopic (exact) mass is 485 g/mol. The van der Waals surface area contributed by atoms with Crippen molar-refractivity contribution in [3.8, 4) is 0 Å². The zero-order valence-corrected chi connectivity index (χ0v) is 16.8. The van der Waals surface area contributed by atoms with E-state index < -0.39 is 0 Å². The zero-order chi connectivity index (χ0) is 13.7. The van der Waals surface area contributed by atoms with Gasteiger partial charge in [0, 0.05) is 21.7 Å². The summed E-state index contributed by atoms with van der Waals surface area (Å²) in [4.78, 5) is 8.16. The van der Waals surface area contributed by atoms with Gasteiger partial charge in [0.15, 0.2) is 5.96 Å². The van der Waals surface area contributed by atoms with E-state index in [0.29, 0.717) is 0 Å². The SMILES string of the molecule is CN=C(NCc1ccc(C)s1)NCc1ccc(Br)s1.I. The number of rotatable bonds is 4. The molecule has 0 radical (unpaired) electrons. The van der Waals surface area contributed by atoms with Gasteiger partial charge in [0.2, 0.25) is 0 Å². The van der Waals surface area contributed by atoms with Gasteiger partial charge in [-0.1, -0.05) is 0 Å². The topological polar surface area (TPSA) is 36.4 Å². The number of nitrogens with one attached hydrogen (secondary N) is 2. The van der Waals surface area contributed by atoms with E-state index in [2.05, 4.69) is 62.7 Å². The van der Waals surface area contributed by atoms with Crippen molar-refractivity contribution in [2.24, 2.45) is 4.99 Å². The second kappa shape index (κ2) is 9.01. The highest BCUT2D eigenvalue weighted by Gasteiger charge is 2.02. The van der Waals surface area contributed by atoms with Crippen LogP contribution in [0.25, 0.3) is 0 Å². The van der Waals surface area contributed by atoms with Crippen molar-refractivity contribution in [1.82, 2.24) is 10.6 Å². The molecule has 0 amide bonds. The molecule has 0 bridgehead atoms. The average Bonchev–Trinajstić information content (AvgIpc) is 2.99. The van der Waals surface area contributed by atoms with Gasteiger partial charge in [0.25, 0.3) is 0 Å². The summed E-state index contributed by atoms with van der Waals surface area (Å²) in [6.45, 7) is 3.72. The summed E-state index contributed by atoms with van der Waals surface area (Å²) in [5.74, 6) is 0.829. The van der Waals surface area contributed by atoms with E-state index in [1.54, 1.807) is 18.4 Å². The van der Waals surface area contributed by atoms with Crippen LogP contribution in [-0.2, 0) is 13.1 Å². The van der Waals surface area contributed by atoms with E-state index in [4.69, 9.17) is 0 Å². The van der Waals surface area contributed by atoms with Gasteiger partial charge in [-0.3, -0.25) is 4.99 Å². The molecule has 2 rings (SSSR count). The highest BCUT2D eigenvalue weighted by atomic mass is 127. The third kappa shape index (κ3) is 5.71. The molecule has 0 saturated heterocycles. The van der Waals surface area contributed by atoms with Gasteiger partial charge in [-0.05, 0) is 47.1 Å². The number of aliphatic imine (C=N–C) groups is 1. The fourth-order valence-electron chi connectivity index (χ4n) is 1.59. The standard InChI is InChI=1S/C13H16BrN3S2.HI/c1-9-3-4-10(18-9)7-16-13(15-2)17-8-11-5-6-12(14)19-11;/h3-6H,7-8H2,1-2H3,(H2,15,16,17);1H. The zero-order valence-electron chi connectivity index (χ0n) is 11.3. The molecule has 2 aromatic heterocycles. The molecule has 0 aromatic carbocycles. The molecule has 0 fully saturated rings. The van der Waals surface area contributed by atoms with Crippen LogP contribution in [0.5, 0.6) is 0 Å². The highest BCUT2D eigenvalue weighted by molar-refractivity contribution is 14.0. The number of hydrogen-bond donors (Lipinski definition) is 2. The second-order valence-corrected chi connectivity index (χ2v) is 7.92. The van der Waals surface area contributed by atoms with Crippen molar-refractivity contribution >= 4 is 68.5 Å². The number of thiophene rings is 2. The maximum atomic E-state index is 4.22. The van der Waals surface area contributed by atoms with E-state index in [1.807, 2.05) is 11.3 Å². The molecular weight excluding hydrogens is 469 g/mol. The van der Waals surface area contributed by atoms with Crippen LogP contribution in [0.3, 0.4) is 0 Å². The molecule has 2 aromatic rings. The van der Waals surface area contributed by atoms with Crippen LogP contribution >= 0.6 is 62.6 Å². The van der Waals surface area contributed by atoms with Crippen LogP contribution in [0, 0.1) is 6.92 Å². The lowest BCUT2D eigenvalue weighted by Crippen LogP contribution is -2.35. The molecule has 0 atom stereocenters. The lowest BCUT2D eigenvalue weighted by atomic mass is 10.4. The Kier molecular flexibility index (Phi) is 8.08. The molecule has 0 aliphatic heterocycles. The summed E-state index contributed by atoms with van der Waals surface area (Å²) in [6, 6.07) is 8.46. The first-order chi connectivity index (χ1) is 9.17. The first-order valence-electron chi connectivity index (χ1n) is 5.91. The minimum atomic E-state index is 0. The van der Waals surface area contributed by atoms with Crippen molar-refractivity contribution in [3.05, 3.63) is 42.7 Å². The van der Waals surface area contributed by atoms with Crippen molar-refractivity contribution in [2.45, 2.75) is 20.0 Å². The van der Waals surface area contributed by atoms with Crippen LogP contribution in [0.1, 0.15) is 14.6 Å². The Morgan fingerprint density at radius 3 is 2.15 bits per heavy atom. The molecule has 20 heavy (non-hydrogen) atoms. The number of guanidine groups is 1. The van der Waals surface area contributed by atoms with Gasteiger partial charge in [0.1, 0.15) is 0 Å². The van der Waals surface area contributed by atoms with Gasteiger partial charge in [-0.2, -0.15) is 0 Å². The van der Waals surface area contributed by atoms with Gasteiger partial charge < -0.3 is 10.6 Å². The van der Waals surface area contributed by atoms with E-state index in [0.717, 1.165) is 22.8 Å². The van der Waals surface area contributed by atoms with Gasteiger partial charge in [-0.25, -0.2) is 0 Å². The maximum Gasteiger partial charge on any atom is 0.191 e. The molecule has 2 N–H and O–H groups in total. The lowest BCUT2D eigenvalue weighted by Gasteiger charge is -2.10. The summed E-state index contributed by atoms with van der Waals surface area (Å²) in [6.07, 6.45) is 0. The molecule has 0 unspecified atom stereocenters. The largest absolute Gasteiger partial charge is 0.352 e. The third-order valence-corrected chi connectivity index (χ3v) is 5.13. The van der Waals surface area contributed by atoms with Crippen LogP contribution in [0.2, 0.25) is 0 Å². The third-order valence-electron chi connectivity index (χ3n) is 2.51. The molecule has 7 heteroatoms. The molecule has 0 saturated carbocycles. The average molecular weight is 486 g/mol. The summed E-state index contributed by atoms with van der Waals surface area (Å²) in [5.41, 5.74) is 0. The summed E-state index contributed by atoms with van der Waals surface area (Å²) in [5, 5.41) is 6.63. The molecular formula is C13H17BrIN3S2. The van der Waals surface area contributed by atoms with Crippen LogP contribution in [0.4, 0.5) is 0 Å². The number of hydrogen-bond acceptors (Lipinski definition) is 3. The first kappa shape index (κ1) is 17.9. The normalized spacial score (nSPS) is 11.1. The van der Waals surface area contributed by atoms with Gasteiger partial charge >= 0.3 is 0 Å². The Labute approximate surface area is 153 Å². The number of nitrogens with zero attached hydrogens (tertiary/aromatic N) is 1. The number of aryl methyl sites for hydroxylation is 1. The van der Waals surface area contributed by atoms with Crippen molar-refractivity contribution in [1.29, 1.82) is 0 Å². The Morgan fingerprint density at radius 2 is 1.70 bits per heavy atom. The minimum absolute atomic E-state index is 0. The van der Waals surface area contributed by atoms with Crippen molar-refractivity contribution in [3.63, 3.8) is 0 Å². The molecule has 0 aliphatic rings. The highest BCUT2D eigenvalue weighted by Crippen LogP contribution is 2.21. The Balaban J connectivity index is 0.00000200. The van der Waals surface area contributed by atoms with E-state index >= 15 is 0 Å². The van der Waals surface area contributed by atoms with E-state index in [1.165, 1.54) is 14.6 Å². The summed E-state index contributed by atoms with van der Waals surface area (Å²) < 4.78 is 1.15. The molecule has 0 spiro atoms. The Bertz CT molecular complexity index is 519. The lowest BCUT2D eigenvalue weighted by molar-refractivity contribution is 0.822. The van der Waals surface area contributed by atoms with E-state index in [9.17, 15) is 0 Å². The van der Waals surface area contributed by atoms with Crippen LogP contribution in [-0.4, -0.2) is 13.0 Å². The minimum Gasteiger partial charge on any atom is -0.352 e. The number of halogens is 2. The van der Waals surface area contributed by atoms with Crippen LogP contribution in [0.15, 0.2) is 33.0 Å². The smallest absolute Gasteiger partial charge is 0.191 e. The quantitative estimate of drug-likeness (QED) is 0.383. The Hall–Kier alpha value is -0.120. The predicted molar refractivity (Wildman–Crippen MR) is 104 cm³/mol.